The number of carbonyl (C=O) groups excluding carboxylic acids is 1. The van der Waals surface area contributed by atoms with Crippen molar-refractivity contribution >= 4 is 5.91 Å². The summed E-state index contributed by atoms with van der Waals surface area (Å²) in [5.41, 5.74) is 0. The smallest absolute Gasteiger partial charge is 0.220 e. The molecule has 0 aromatic carbocycles. The van der Waals surface area contributed by atoms with Crippen LogP contribution in [-0.4, -0.2) is 140 Å². The average Bonchev–Trinajstić information content (AvgIpc) is 3.41. The van der Waals surface area contributed by atoms with E-state index in [9.17, 15) is 45.6 Å². The molecule has 0 radical (unpaired) electrons. The molecule has 0 aliphatic carbocycles. The predicted molar refractivity (Wildman–Crippen MR) is 300 cm³/mol. The number of aliphatic hydroxyl groups excluding tert-OH is 8. The number of rotatable bonds is 50. The third kappa shape index (κ3) is 33.0. The summed E-state index contributed by atoms with van der Waals surface area (Å²) in [4.78, 5) is 13.3. The van der Waals surface area contributed by atoms with Crippen molar-refractivity contribution in [3.63, 3.8) is 0 Å². The fourth-order valence-electron chi connectivity index (χ4n) is 10.4. The van der Waals surface area contributed by atoms with Gasteiger partial charge in [-0.25, -0.2) is 0 Å². The van der Waals surface area contributed by atoms with Crippen molar-refractivity contribution in [2.45, 2.75) is 338 Å². The molecule has 12 unspecified atom stereocenters. The van der Waals surface area contributed by atoms with Crippen molar-refractivity contribution < 1.29 is 64.6 Å². The van der Waals surface area contributed by atoms with E-state index >= 15 is 0 Å². The van der Waals surface area contributed by atoms with Crippen LogP contribution in [0.5, 0.6) is 0 Å². The van der Waals surface area contributed by atoms with Gasteiger partial charge >= 0.3 is 0 Å². The van der Waals surface area contributed by atoms with Gasteiger partial charge in [0.1, 0.15) is 48.8 Å². The quantitative estimate of drug-likeness (QED) is 0.0204. The Morgan fingerprint density at radius 3 is 1.36 bits per heavy atom. The standard InChI is InChI=1S/C61H115NO13/c1-3-5-7-9-11-13-15-17-19-21-22-23-24-25-26-27-29-30-32-34-36-38-40-42-44-50(65)49(62-53(66)45-43-41-39-37-35-33-31-28-20-18-16-14-12-10-8-6-4-2)48-72-60-58(71)56(69)59(52(47-64)74-60)75-61-57(70)55(68)54(67)51(46-63)73-61/h12,14,18,20,49-52,54-61,63-65,67-71H,3-11,13,15-17,19,21-48H2,1-2H3,(H,62,66)/b14-12-,20-18-. The molecule has 2 heterocycles. The molecular weight excluding hydrogens is 955 g/mol. The SMILES string of the molecule is CCCCC/C=C\C/C=C\CCCCCCCCCC(=O)NC(COC1OC(CO)C(OC2OC(CO)C(O)C(O)C2O)C(O)C1O)C(O)CCCCCCCCCCCCCCCCCCCCCCCCCC. The molecule has 0 bridgehead atoms. The second-order valence-electron chi connectivity index (χ2n) is 22.2. The highest BCUT2D eigenvalue weighted by Gasteiger charge is 2.51. The minimum atomic E-state index is -1.78. The summed E-state index contributed by atoms with van der Waals surface area (Å²) >= 11 is 0. The van der Waals surface area contributed by atoms with Gasteiger partial charge in [-0.3, -0.25) is 4.79 Å². The van der Waals surface area contributed by atoms with Crippen molar-refractivity contribution in [1.82, 2.24) is 5.32 Å². The first-order valence-corrected chi connectivity index (χ1v) is 31.1. The van der Waals surface area contributed by atoms with E-state index < -0.39 is 86.8 Å². The topological polar surface area (TPSA) is 228 Å². The number of hydrogen-bond acceptors (Lipinski definition) is 13. The third-order valence-electron chi connectivity index (χ3n) is 15.4. The lowest BCUT2D eigenvalue weighted by atomic mass is 9.97. The second-order valence-corrected chi connectivity index (χ2v) is 22.2. The minimum absolute atomic E-state index is 0.212. The summed E-state index contributed by atoms with van der Waals surface area (Å²) in [6.45, 7) is 2.86. The zero-order valence-corrected chi connectivity index (χ0v) is 47.6. The van der Waals surface area contributed by atoms with Crippen molar-refractivity contribution in [2.75, 3.05) is 19.8 Å². The fraction of sp³-hybridized carbons (Fsp3) is 0.918. The van der Waals surface area contributed by atoms with E-state index in [-0.39, 0.29) is 12.5 Å². The molecule has 12 atom stereocenters. The van der Waals surface area contributed by atoms with Gasteiger partial charge in [0.05, 0.1) is 32.0 Å². The van der Waals surface area contributed by atoms with E-state index in [1.807, 2.05) is 0 Å². The van der Waals surface area contributed by atoms with Gasteiger partial charge in [0, 0.05) is 6.42 Å². The number of unbranched alkanes of at least 4 members (excludes halogenated alkanes) is 33. The molecule has 2 aliphatic rings. The first-order chi connectivity index (χ1) is 36.6. The molecule has 0 aromatic heterocycles. The maximum atomic E-state index is 13.3. The van der Waals surface area contributed by atoms with Gasteiger partial charge in [0.15, 0.2) is 12.6 Å². The minimum Gasteiger partial charge on any atom is -0.394 e. The lowest BCUT2D eigenvalue weighted by molar-refractivity contribution is -0.359. The van der Waals surface area contributed by atoms with Gasteiger partial charge in [-0.15, -0.1) is 0 Å². The van der Waals surface area contributed by atoms with Gasteiger partial charge < -0.3 is 65.1 Å². The molecule has 9 N–H and O–H groups in total. The van der Waals surface area contributed by atoms with E-state index in [0.717, 1.165) is 57.8 Å². The highest BCUT2D eigenvalue weighted by molar-refractivity contribution is 5.76. The largest absolute Gasteiger partial charge is 0.394 e. The third-order valence-corrected chi connectivity index (χ3v) is 15.4. The van der Waals surface area contributed by atoms with E-state index in [1.165, 1.54) is 173 Å². The lowest BCUT2D eigenvalue weighted by Gasteiger charge is -2.46. The molecular formula is C61H115NO13. The highest BCUT2D eigenvalue weighted by Crippen LogP contribution is 2.30. The van der Waals surface area contributed by atoms with Crippen LogP contribution < -0.4 is 5.32 Å². The summed E-state index contributed by atoms with van der Waals surface area (Å²) in [5.74, 6) is -0.212. The molecule has 2 fully saturated rings. The molecule has 1 amide bonds. The Bertz CT molecular complexity index is 1350. The van der Waals surface area contributed by atoms with Crippen LogP contribution in [0.1, 0.15) is 264 Å². The summed E-state index contributed by atoms with van der Waals surface area (Å²) < 4.78 is 22.9. The van der Waals surface area contributed by atoms with Crippen LogP contribution in [0.25, 0.3) is 0 Å². The number of hydrogen-bond donors (Lipinski definition) is 9. The molecule has 0 spiro atoms. The van der Waals surface area contributed by atoms with Crippen molar-refractivity contribution in [2.24, 2.45) is 0 Å². The summed E-state index contributed by atoms with van der Waals surface area (Å²) in [7, 11) is 0. The average molecular weight is 1070 g/mol. The molecule has 2 rings (SSSR count). The van der Waals surface area contributed by atoms with Crippen LogP contribution in [-0.2, 0) is 23.7 Å². The van der Waals surface area contributed by atoms with Gasteiger partial charge in [-0.2, -0.15) is 0 Å². The Morgan fingerprint density at radius 1 is 0.480 bits per heavy atom. The Hall–Kier alpha value is -1.53. The molecule has 2 aliphatic heterocycles. The first kappa shape index (κ1) is 69.6. The van der Waals surface area contributed by atoms with E-state index in [0.29, 0.717) is 19.3 Å². The summed E-state index contributed by atoms with van der Waals surface area (Å²) in [6, 6.07) is -0.832. The Morgan fingerprint density at radius 2 is 0.880 bits per heavy atom. The van der Waals surface area contributed by atoms with Gasteiger partial charge in [-0.1, -0.05) is 237 Å². The predicted octanol–water partition coefficient (Wildman–Crippen LogP) is 10.8. The number of allylic oxidation sites excluding steroid dienone is 4. The number of nitrogens with one attached hydrogen (secondary N) is 1. The number of carbonyl (C=O) groups is 1. The molecule has 442 valence electrons. The highest BCUT2D eigenvalue weighted by atomic mass is 16.7. The number of aliphatic hydroxyl groups is 8. The first-order valence-electron chi connectivity index (χ1n) is 31.1. The lowest BCUT2D eigenvalue weighted by Crippen LogP contribution is -2.65. The van der Waals surface area contributed by atoms with E-state index in [4.69, 9.17) is 18.9 Å². The van der Waals surface area contributed by atoms with Crippen molar-refractivity contribution in [1.29, 1.82) is 0 Å². The van der Waals surface area contributed by atoms with E-state index in [1.54, 1.807) is 0 Å². The molecule has 14 nitrogen and oxygen atoms in total. The van der Waals surface area contributed by atoms with Crippen LogP contribution >= 0.6 is 0 Å². The fourth-order valence-corrected chi connectivity index (χ4v) is 10.4. The second kappa shape index (κ2) is 47.3. The zero-order valence-electron chi connectivity index (χ0n) is 47.6. The Labute approximate surface area is 456 Å². The van der Waals surface area contributed by atoms with Gasteiger partial charge in [0.25, 0.3) is 0 Å². The Balaban J connectivity index is 1.73. The van der Waals surface area contributed by atoms with Crippen LogP contribution in [0.15, 0.2) is 24.3 Å². The zero-order chi connectivity index (χ0) is 54.6. The van der Waals surface area contributed by atoms with Crippen LogP contribution in [0, 0.1) is 0 Å². The maximum absolute atomic E-state index is 13.3. The van der Waals surface area contributed by atoms with Crippen LogP contribution in [0.2, 0.25) is 0 Å². The summed E-state index contributed by atoms with van der Waals surface area (Å²) in [6.07, 6.45) is 38.9. The molecule has 0 aromatic rings. The molecule has 75 heavy (non-hydrogen) atoms. The van der Waals surface area contributed by atoms with Crippen LogP contribution in [0.3, 0.4) is 0 Å². The van der Waals surface area contributed by atoms with E-state index in [2.05, 4.69) is 43.5 Å². The normalized spacial score (nSPS) is 25.1. The molecule has 14 heteroatoms. The maximum Gasteiger partial charge on any atom is 0.220 e. The monoisotopic (exact) mass is 1070 g/mol. The van der Waals surface area contributed by atoms with Crippen LogP contribution in [0.4, 0.5) is 0 Å². The summed E-state index contributed by atoms with van der Waals surface area (Å²) in [5, 5.41) is 87.3. The molecule has 0 saturated carbocycles. The van der Waals surface area contributed by atoms with Gasteiger partial charge in [-0.05, 0) is 44.9 Å². The number of ether oxygens (including phenoxy) is 4. The van der Waals surface area contributed by atoms with Crippen molar-refractivity contribution in [3.05, 3.63) is 24.3 Å². The molecule has 2 saturated heterocycles. The van der Waals surface area contributed by atoms with Gasteiger partial charge in [0.2, 0.25) is 5.91 Å². The Kier molecular flexibility index (Phi) is 43.9. The number of amides is 1. The van der Waals surface area contributed by atoms with Crippen molar-refractivity contribution in [3.8, 4) is 0 Å².